The number of hydrogen-bond donors (Lipinski definition) is 2. The minimum Gasteiger partial charge on any atom is -0.504 e. The first-order valence-electron chi connectivity index (χ1n) is 15.9. The van der Waals surface area contributed by atoms with Gasteiger partial charge < -0.3 is 34.1 Å². The zero-order valence-electron chi connectivity index (χ0n) is 26.6. The van der Waals surface area contributed by atoms with E-state index in [4.69, 9.17) is 30.8 Å². The molecule has 2 N–H and O–H groups in total. The summed E-state index contributed by atoms with van der Waals surface area (Å²) < 4.78 is 18.3. The van der Waals surface area contributed by atoms with Crippen LogP contribution in [0.5, 0.6) is 23.0 Å². The number of phenolic OH excluding ortho intramolecular Hbond substituents is 1. The van der Waals surface area contributed by atoms with Gasteiger partial charge in [-0.15, -0.1) is 0 Å². The number of aromatic nitrogens is 2. The van der Waals surface area contributed by atoms with Crippen molar-refractivity contribution in [3.63, 3.8) is 0 Å². The summed E-state index contributed by atoms with van der Waals surface area (Å²) in [5.41, 5.74) is 3.42. The molecule has 1 aromatic heterocycles. The van der Waals surface area contributed by atoms with E-state index in [1.54, 1.807) is 12.1 Å². The van der Waals surface area contributed by atoms with Gasteiger partial charge in [-0.3, -0.25) is 0 Å². The number of rotatable bonds is 19. The van der Waals surface area contributed by atoms with Crippen LogP contribution in [0, 0.1) is 0 Å². The van der Waals surface area contributed by atoms with Crippen molar-refractivity contribution in [3.05, 3.63) is 65.2 Å². The van der Waals surface area contributed by atoms with Crippen LogP contribution in [-0.2, 0) is 6.42 Å². The van der Waals surface area contributed by atoms with E-state index in [0.29, 0.717) is 48.6 Å². The van der Waals surface area contributed by atoms with Gasteiger partial charge in [-0.1, -0.05) is 51.4 Å². The number of aromatic hydroxyl groups is 1. The summed E-state index contributed by atoms with van der Waals surface area (Å²) >= 11 is 5.97. The molecule has 0 spiro atoms. The number of phenols is 1. The molecule has 0 atom stereocenters. The van der Waals surface area contributed by atoms with Gasteiger partial charge in [0, 0.05) is 42.2 Å². The number of halogens is 1. The summed E-state index contributed by atoms with van der Waals surface area (Å²) in [6.45, 7) is 16.5. The highest BCUT2D eigenvalue weighted by molar-refractivity contribution is 6.30. The molecular formula is C35H47ClN4O4. The van der Waals surface area contributed by atoms with E-state index in [0.717, 1.165) is 80.0 Å². The summed E-state index contributed by atoms with van der Waals surface area (Å²) in [6, 6.07) is 16.9. The van der Waals surface area contributed by atoms with E-state index in [1.165, 1.54) is 0 Å². The van der Waals surface area contributed by atoms with Crippen LogP contribution in [0.15, 0.2) is 54.6 Å². The Labute approximate surface area is 266 Å². The Morgan fingerprint density at radius 3 is 2.02 bits per heavy atom. The lowest BCUT2D eigenvalue weighted by Gasteiger charge is -2.18. The normalized spacial score (nSPS) is 11.5. The Balaban J connectivity index is 1.47. The van der Waals surface area contributed by atoms with E-state index in [9.17, 15) is 5.11 Å². The Morgan fingerprint density at radius 1 is 0.750 bits per heavy atom. The second kappa shape index (κ2) is 17.1. The number of nitrogens with zero attached hydrogens (tertiary/aromatic N) is 3. The van der Waals surface area contributed by atoms with Crippen molar-refractivity contribution < 1.29 is 19.3 Å². The molecule has 0 aliphatic heterocycles. The van der Waals surface area contributed by atoms with Crippen LogP contribution in [0.1, 0.15) is 46.1 Å². The summed E-state index contributed by atoms with van der Waals surface area (Å²) in [6.07, 6.45) is 2.57. The fourth-order valence-electron chi connectivity index (χ4n) is 5.14. The Morgan fingerprint density at radius 2 is 1.39 bits per heavy atom. The van der Waals surface area contributed by atoms with E-state index >= 15 is 0 Å². The first kappa shape index (κ1) is 33.4. The highest BCUT2D eigenvalue weighted by Crippen LogP contribution is 2.35. The molecule has 0 unspecified atom stereocenters. The molecule has 1 heterocycles. The van der Waals surface area contributed by atoms with Crippen LogP contribution in [0.2, 0.25) is 5.02 Å². The molecule has 8 nitrogen and oxygen atoms in total. The van der Waals surface area contributed by atoms with Crippen molar-refractivity contribution >= 4 is 22.6 Å². The maximum atomic E-state index is 10.7. The average molecular weight is 623 g/mol. The topological polar surface area (TPSA) is 83.1 Å². The van der Waals surface area contributed by atoms with Crippen LogP contribution >= 0.6 is 11.6 Å². The molecule has 4 rings (SSSR count). The SMILES string of the molecule is CCN(CC)CCCOc1cc(OCCCN(CC)CC)c2nc(-c3ccc(OCCc4ccc(Cl)cc4)c(O)c3)[nH]c2c1. The van der Waals surface area contributed by atoms with Crippen LogP contribution in [-0.4, -0.2) is 84.0 Å². The Hall–Kier alpha value is -3.46. The summed E-state index contributed by atoms with van der Waals surface area (Å²) in [4.78, 5) is 13.1. The summed E-state index contributed by atoms with van der Waals surface area (Å²) in [5, 5.41) is 11.5. The second-order valence-electron chi connectivity index (χ2n) is 10.8. The Kier molecular flexibility index (Phi) is 13.0. The number of benzene rings is 3. The lowest BCUT2D eigenvalue weighted by molar-refractivity contribution is 0.243. The first-order chi connectivity index (χ1) is 21.4. The third-order valence-corrected chi connectivity index (χ3v) is 8.12. The zero-order valence-corrected chi connectivity index (χ0v) is 27.3. The molecule has 0 aliphatic rings. The van der Waals surface area contributed by atoms with E-state index in [2.05, 4.69) is 42.5 Å². The number of imidazole rings is 1. The van der Waals surface area contributed by atoms with Gasteiger partial charge in [0.25, 0.3) is 0 Å². The van der Waals surface area contributed by atoms with E-state index < -0.39 is 0 Å². The van der Waals surface area contributed by atoms with Gasteiger partial charge in [0.05, 0.1) is 25.3 Å². The van der Waals surface area contributed by atoms with Crippen molar-refractivity contribution in [2.75, 3.05) is 59.1 Å². The summed E-state index contributed by atoms with van der Waals surface area (Å²) in [7, 11) is 0. The van der Waals surface area contributed by atoms with E-state index in [-0.39, 0.29) is 5.75 Å². The monoisotopic (exact) mass is 622 g/mol. The first-order valence-corrected chi connectivity index (χ1v) is 16.3. The molecule has 0 saturated carbocycles. The van der Waals surface area contributed by atoms with Crippen molar-refractivity contribution in [2.24, 2.45) is 0 Å². The predicted octanol–water partition coefficient (Wildman–Crippen LogP) is 7.43. The van der Waals surface area contributed by atoms with Crippen molar-refractivity contribution in [2.45, 2.75) is 47.0 Å². The zero-order chi connectivity index (χ0) is 31.3. The number of hydrogen-bond acceptors (Lipinski definition) is 7. The van der Waals surface area contributed by atoms with Crippen LogP contribution < -0.4 is 14.2 Å². The highest BCUT2D eigenvalue weighted by Gasteiger charge is 2.15. The predicted molar refractivity (Wildman–Crippen MR) is 180 cm³/mol. The number of fused-ring (bicyclic) bond motifs is 1. The van der Waals surface area contributed by atoms with Crippen molar-refractivity contribution in [3.8, 4) is 34.4 Å². The minimum atomic E-state index is 0.0594. The largest absolute Gasteiger partial charge is 0.504 e. The maximum absolute atomic E-state index is 10.7. The fourth-order valence-corrected chi connectivity index (χ4v) is 5.26. The molecule has 0 aliphatic carbocycles. The van der Waals surface area contributed by atoms with Crippen molar-refractivity contribution in [1.82, 2.24) is 19.8 Å². The van der Waals surface area contributed by atoms with Gasteiger partial charge in [-0.05, 0) is 74.9 Å². The molecule has 9 heteroatoms. The lowest BCUT2D eigenvalue weighted by atomic mass is 10.1. The molecule has 3 aromatic carbocycles. The lowest BCUT2D eigenvalue weighted by Crippen LogP contribution is -2.25. The van der Waals surface area contributed by atoms with Gasteiger partial charge in [-0.2, -0.15) is 0 Å². The van der Waals surface area contributed by atoms with Gasteiger partial charge in [-0.25, -0.2) is 4.98 Å². The van der Waals surface area contributed by atoms with Gasteiger partial charge in [0.1, 0.15) is 17.1 Å². The molecule has 0 fully saturated rings. The van der Waals surface area contributed by atoms with Crippen LogP contribution in [0.3, 0.4) is 0 Å². The maximum Gasteiger partial charge on any atom is 0.160 e. The Bertz CT molecular complexity index is 1430. The number of aromatic amines is 1. The molecule has 0 bridgehead atoms. The molecular weight excluding hydrogens is 576 g/mol. The van der Waals surface area contributed by atoms with Gasteiger partial charge >= 0.3 is 0 Å². The molecule has 4 aromatic rings. The number of H-pyrrole nitrogens is 1. The van der Waals surface area contributed by atoms with Crippen LogP contribution in [0.25, 0.3) is 22.4 Å². The molecule has 0 radical (unpaired) electrons. The van der Waals surface area contributed by atoms with Crippen LogP contribution in [0.4, 0.5) is 0 Å². The fraction of sp³-hybridized carbons (Fsp3) is 0.457. The van der Waals surface area contributed by atoms with Gasteiger partial charge in [0.2, 0.25) is 0 Å². The quantitative estimate of drug-likeness (QED) is 0.105. The standard InChI is InChI=1S/C35H47ClN4O4/c1-5-39(6-2)18-9-20-42-29-24-30-34(33(25-29)43-21-10-19-40(7-3)8-4)38-35(37-30)27-13-16-32(31(41)23-27)44-22-17-26-11-14-28(36)15-12-26/h11-16,23-25,41H,5-10,17-22H2,1-4H3,(H,37,38). The third kappa shape index (κ3) is 9.52. The van der Waals surface area contributed by atoms with Gasteiger partial charge in [0.15, 0.2) is 17.2 Å². The number of nitrogens with one attached hydrogen (secondary N) is 1. The van der Waals surface area contributed by atoms with Crippen molar-refractivity contribution in [1.29, 1.82) is 0 Å². The minimum absolute atomic E-state index is 0.0594. The second-order valence-corrected chi connectivity index (χ2v) is 11.2. The molecule has 44 heavy (non-hydrogen) atoms. The smallest absolute Gasteiger partial charge is 0.160 e. The molecule has 0 saturated heterocycles. The van der Waals surface area contributed by atoms with E-state index in [1.807, 2.05) is 42.5 Å². The number of ether oxygens (including phenoxy) is 3. The summed E-state index contributed by atoms with van der Waals surface area (Å²) in [5.74, 6) is 2.56. The average Bonchev–Trinajstić information content (AvgIpc) is 3.47. The molecule has 0 amide bonds. The third-order valence-electron chi connectivity index (χ3n) is 7.87. The molecule has 238 valence electrons. The highest BCUT2D eigenvalue weighted by atomic mass is 35.5.